The van der Waals surface area contributed by atoms with Gasteiger partial charge in [-0.2, -0.15) is 0 Å². The van der Waals surface area contributed by atoms with Gasteiger partial charge in [-0.1, -0.05) is 22.4 Å². The smallest absolute Gasteiger partial charge is 0.349 e. The first-order valence-corrected chi connectivity index (χ1v) is 8.39. The van der Waals surface area contributed by atoms with Crippen molar-refractivity contribution in [3.05, 3.63) is 44.7 Å². The highest BCUT2D eigenvalue weighted by molar-refractivity contribution is 9.10. The van der Waals surface area contributed by atoms with Gasteiger partial charge in [-0.05, 0) is 37.1 Å². The molecule has 0 atom stereocenters. The van der Waals surface area contributed by atoms with Crippen molar-refractivity contribution in [3.8, 4) is 0 Å². The number of amides is 1. The summed E-state index contributed by atoms with van der Waals surface area (Å²) in [6.45, 7) is 0.427. The van der Waals surface area contributed by atoms with Gasteiger partial charge in [0.1, 0.15) is 11.1 Å². The molecule has 1 N–H and O–H groups in total. The van der Waals surface area contributed by atoms with Crippen molar-refractivity contribution in [1.29, 1.82) is 0 Å². The Morgan fingerprint density at radius 3 is 2.75 bits per heavy atom. The summed E-state index contributed by atoms with van der Waals surface area (Å²) < 4.78 is 10.6. The van der Waals surface area contributed by atoms with Crippen molar-refractivity contribution in [2.24, 2.45) is 0 Å². The molecule has 0 fully saturated rings. The van der Waals surface area contributed by atoms with Crippen LogP contribution >= 0.6 is 15.9 Å². The zero-order valence-electron chi connectivity index (χ0n) is 13.3. The predicted octanol–water partition coefficient (Wildman–Crippen LogP) is 3.02. The molecule has 1 heterocycles. The number of carbonyl (C=O) groups excluding carboxylic acids is 2. The summed E-state index contributed by atoms with van der Waals surface area (Å²) in [6.07, 6.45) is 2.57. The fourth-order valence-electron chi connectivity index (χ4n) is 2.22. The van der Waals surface area contributed by atoms with E-state index in [9.17, 15) is 14.4 Å². The molecule has 7 heteroatoms. The molecular formula is C17H18BrNO5. The number of halogens is 1. The van der Waals surface area contributed by atoms with Gasteiger partial charge in [0, 0.05) is 22.8 Å². The molecule has 128 valence electrons. The standard InChI is InChI=1S/C17H18BrNO5/c1-23-15(20)5-3-2-4-8-19-16(21)13-10-11-9-12(18)6-7-14(11)24-17(13)22/h6-7,9-10H,2-5,8H2,1H3,(H,19,21). The molecule has 24 heavy (non-hydrogen) atoms. The third kappa shape index (κ3) is 4.92. The van der Waals surface area contributed by atoms with E-state index >= 15 is 0 Å². The van der Waals surface area contributed by atoms with Crippen molar-refractivity contribution >= 4 is 38.8 Å². The monoisotopic (exact) mass is 395 g/mol. The molecule has 6 nitrogen and oxygen atoms in total. The SMILES string of the molecule is COC(=O)CCCCCNC(=O)c1cc2cc(Br)ccc2oc1=O. The van der Waals surface area contributed by atoms with Crippen molar-refractivity contribution in [1.82, 2.24) is 5.32 Å². The molecular weight excluding hydrogens is 378 g/mol. The van der Waals surface area contributed by atoms with E-state index in [1.54, 1.807) is 18.2 Å². The van der Waals surface area contributed by atoms with Crippen LogP contribution in [0.1, 0.15) is 36.0 Å². The van der Waals surface area contributed by atoms with Crippen molar-refractivity contribution in [2.75, 3.05) is 13.7 Å². The largest absolute Gasteiger partial charge is 0.469 e. The normalized spacial score (nSPS) is 10.6. The van der Waals surface area contributed by atoms with Crippen LogP contribution in [0.15, 0.2) is 37.9 Å². The second-order valence-corrected chi connectivity index (χ2v) is 6.19. The van der Waals surface area contributed by atoms with E-state index in [-0.39, 0.29) is 11.5 Å². The van der Waals surface area contributed by atoms with Crippen LogP contribution in [0.4, 0.5) is 0 Å². The van der Waals surface area contributed by atoms with Gasteiger partial charge in [-0.25, -0.2) is 4.79 Å². The molecule has 1 aromatic carbocycles. The fourth-order valence-corrected chi connectivity index (χ4v) is 2.60. The Kier molecular flexibility index (Phi) is 6.54. The van der Waals surface area contributed by atoms with Crippen molar-refractivity contribution in [2.45, 2.75) is 25.7 Å². The number of rotatable bonds is 7. The van der Waals surface area contributed by atoms with E-state index in [2.05, 4.69) is 26.0 Å². The number of benzene rings is 1. The van der Waals surface area contributed by atoms with Crippen molar-refractivity contribution < 1.29 is 18.7 Å². The highest BCUT2D eigenvalue weighted by Gasteiger charge is 2.13. The summed E-state index contributed by atoms with van der Waals surface area (Å²) in [5, 5.41) is 3.37. The van der Waals surface area contributed by atoms with Gasteiger partial charge in [-0.15, -0.1) is 0 Å². The average molecular weight is 396 g/mol. The lowest BCUT2D eigenvalue weighted by atomic mass is 10.1. The van der Waals surface area contributed by atoms with Crippen LogP contribution in [0.5, 0.6) is 0 Å². The maximum absolute atomic E-state index is 12.1. The third-order valence-corrected chi connectivity index (χ3v) is 4.00. The Hall–Kier alpha value is -2.15. The number of methoxy groups -OCH3 is 1. The summed E-state index contributed by atoms with van der Waals surface area (Å²) in [6, 6.07) is 6.74. The molecule has 2 rings (SSSR count). The first kappa shape index (κ1) is 18.2. The van der Waals surface area contributed by atoms with Gasteiger partial charge in [0.05, 0.1) is 7.11 Å². The molecule has 0 aliphatic rings. The van der Waals surface area contributed by atoms with E-state index in [1.807, 2.05) is 0 Å². The number of fused-ring (bicyclic) bond motifs is 1. The van der Waals surface area contributed by atoms with Crippen LogP contribution in [0.3, 0.4) is 0 Å². The molecule has 0 saturated carbocycles. The highest BCUT2D eigenvalue weighted by Crippen LogP contribution is 2.19. The van der Waals surface area contributed by atoms with Crippen LogP contribution < -0.4 is 10.9 Å². The minimum Gasteiger partial charge on any atom is -0.469 e. The molecule has 0 aliphatic heterocycles. The van der Waals surface area contributed by atoms with Gasteiger partial charge in [0.15, 0.2) is 0 Å². The lowest BCUT2D eigenvalue weighted by Crippen LogP contribution is -2.29. The molecule has 0 aliphatic carbocycles. The number of esters is 1. The summed E-state index contributed by atoms with van der Waals surface area (Å²) in [7, 11) is 1.36. The second kappa shape index (κ2) is 8.63. The Morgan fingerprint density at radius 1 is 1.21 bits per heavy atom. The van der Waals surface area contributed by atoms with E-state index in [1.165, 1.54) is 13.2 Å². The lowest BCUT2D eigenvalue weighted by Gasteiger charge is -2.05. The molecule has 0 radical (unpaired) electrons. The molecule has 0 bridgehead atoms. The Balaban J connectivity index is 1.90. The number of carbonyl (C=O) groups is 2. The number of hydrogen-bond donors (Lipinski definition) is 1. The van der Waals surface area contributed by atoms with E-state index < -0.39 is 11.5 Å². The zero-order valence-corrected chi connectivity index (χ0v) is 14.9. The molecule has 0 spiro atoms. The average Bonchev–Trinajstić information content (AvgIpc) is 2.57. The van der Waals surface area contributed by atoms with Crippen molar-refractivity contribution in [3.63, 3.8) is 0 Å². The third-order valence-electron chi connectivity index (χ3n) is 3.51. The number of unbranched alkanes of at least 4 members (excludes halogenated alkanes) is 2. The minimum atomic E-state index is -0.659. The molecule has 1 aromatic heterocycles. The van der Waals surface area contributed by atoms with E-state index in [0.29, 0.717) is 36.8 Å². The summed E-state index contributed by atoms with van der Waals surface area (Å²) in [4.78, 5) is 35.0. The van der Waals surface area contributed by atoms with Gasteiger partial charge < -0.3 is 14.5 Å². The van der Waals surface area contributed by atoms with Crippen LogP contribution in [0.25, 0.3) is 11.0 Å². The van der Waals surface area contributed by atoms with Gasteiger partial charge in [0.25, 0.3) is 5.91 Å². The van der Waals surface area contributed by atoms with Gasteiger partial charge >= 0.3 is 11.6 Å². The van der Waals surface area contributed by atoms with Gasteiger partial charge in [-0.3, -0.25) is 9.59 Å². The number of nitrogens with one attached hydrogen (secondary N) is 1. The molecule has 1 amide bonds. The molecule has 0 saturated heterocycles. The lowest BCUT2D eigenvalue weighted by molar-refractivity contribution is -0.140. The number of hydrogen-bond acceptors (Lipinski definition) is 5. The quantitative estimate of drug-likeness (QED) is 0.442. The fraction of sp³-hybridized carbons (Fsp3) is 0.353. The highest BCUT2D eigenvalue weighted by atomic mass is 79.9. The topological polar surface area (TPSA) is 85.6 Å². The van der Waals surface area contributed by atoms with Crippen LogP contribution in [-0.2, 0) is 9.53 Å². The number of ether oxygens (including phenoxy) is 1. The van der Waals surface area contributed by atoms with Gasteiger partial charge in [0.2, 0.25) is 0 Å². The summed E-state index contributed by atoms with van der Waals surface area (Å²) >= 11 is 3.34. The van der Waals surface area contributed by atoms with E-state index in [0.717, 1.165) is 10.9 Å². The van der Waals surface area contributed by atoms with E-state index in [4.69, 9.17) is 4.42 Å². The maximum atomic E-state index is 12.1. The van der Waals surface area contributed by atoms with Crippen LogP contribution in [0, 0.1) is 0 Å². The maximum Gasteiger partial charge on any atom is 0.349 e. The Labute approximate surface area is 147 Å². The molecule has 0 unspecified atom stereocenters. The zero-order chi connectivity index (χ0) is 17.5. The first-order valence-electron chi connectivity index (χ1n) is 7.59. The Bertz CT molecular complexity index is 799. The second-order valence-electron chi connectivity index (χ2n) is 5.27. The Morgan fingerprint density at radius 2 is 2.00 bits per heavy atom. The minimum absolute atomic E-state index is 0.0184. The summed E-state index contributed by atoms with van der Waals surface area (Å²) in [5.41, 5.74) is -0.245. The molecule has 2 aromatic rings. The predicted molar refractivity (Wildman–Crippen MR) is 93.0 cm³/mol. The first-order chi connectivity index (χ1) is 11.5. The van der Waals surface area contributed by atoms with Crippen LogP contribution in [0.2, 0.25) is 0 Å². The summed E-state index contributed by atoms with van der Waals surface area (Å²) in [5.74, 6) is -0.697. The van der Waals surface area contributed by atoms with Crippen LogP contribution in [-0.4, -0.2) is 25.5 Å².